The number of hydrogen-bond acceptors (Lipinski definition) is 3. The molecule has 0 aliphatic carbocycles. The molecule has 0 bridgehead atoms. The van der Waals surface area contributed by atoms with Crippen molar-refractivity contribution < 1.29 is 9.32 Å². The predicted octanol–water partition coefficient (Wildman–Crippen LogP) is 2.99. The molecule has 4 rings (SSSR count). The van der Waals surface area contributed by atoms with Crippen LogP contribution in [0.3, 0.4) is 0 Å². The van der Waals surface area contributed by atoms with Crippen LogP contribution in [0.4, 0.5) is 5.69 Å². The molecule has 6 heteroatoms. The zero-order valence-electron chi connectivity index (χ0n) is 15.0. The molecule has 0 saturated carbocycles. The van der Waals surface area contributed by atoms with Crippen LogP contribution in [0.1, 0.15) is 6.42 Å². The molecule has 1 aromatic heterocycles. The lowest BCUT2D eigenvalue weighted by atomic mass is 10.1. The number of H-pyrrole nitrogens is 1. The quantitative estimate of drug-likeness (QED) is 0.743. The second-order valence-corrected chi connectivity index (χ2v) is 8.60. The highest BCUT2D eigenvalue weighted by Gasteiger charge is 2.24. The molecular formula is C20H23N3O2S. The van der Waals surface area contributed by atoms with Gasteiger partial charge in [-0.3, -0.25) is 0 Å². The maximum Gasteiger partial charge on any atom is 0.127 e. The first-order chi connectivity index (χ1) is 12.5. The number of anilines is 1. The van der Waals surface area contributed by atoms with Crippen molar-refractivity contribution in [2.45, 2.75) is 17.4 Å². The summed E-state index contributed by atoms with van der Waals surface area (Å²) in [5.74, 6) is 0. The van der Waals surface area contributed by atoms with Crippen LogP contribution in [0.2, 0.25) is 0 Å². The summed E-state index contributed by atoms with van der Waals surface area (Å²) in [4.78, 5) is 6.45. The third-order valence-electron chi connectivity index (χ3n) is 4.83. The minimum Gasteiger partial charge on any atom is -0.391 e. The SMILES string of the molecule is CN(C)S(=O)c1ccc(N2CCC(O)C2)c(-c2cc3ccccc3[nH]2)c1. The first kappa shape index (κ1) is 17.3. The Labute approximate surface area is 155 Å². The standard InChI is InChI=1S/C20H23N3O2S/c1-22(2)26(25)16-7-8-20(23-10-9-15(24)13-23)17(12-16)19-11-14-5-3-4-6-18(14)21-19/h3-8,11-12,15,21,24H,9-10,13H2,1-2H3. The van der Waals surface area contributed by atoms with Gasteiger partial charge in [0.15, 0.2) is 0 Å². The molecule has 2 N–H and O–H groups in total. The van der Waals surface area contributed by atoms with Crippen LogP contribution in [0.5, 0.6) is 0 Å². The maximum absolute atomic E-state index is 12.6. The van der Waals surface area contributed by atoms with Gasteiger partial charge in [-0.05, 0) is 50.8 Å². The number of β-amino-alcohol motifs (C(OH)–C–C–N with tert-alkyl or cyclic N) is 1. The number of fused-ring (bicyclic) bond motifs is 1. The summed E-state index contributed by atoms with van der Waals surface area (Å²) in [5.41, 5.74) is 4.16. The Hall–Kier alpha value is -2.15. The number of aliphatic hydroxyl groups excluding tert-OH is 1. The van der Waals surface area contributed by atoms with E-state index in [0.717, 1.165) is 45.7 Å². The van der Waals surface area contributed by atoms with E-state index in [9.17, 15) is 9.32 Å². The van der Waals surface area contributed by atoms with Crippen molar-refractivity contribution in [2.75, 3.05) is 32.1 Å². The van der Waals surface area contributed by atoms with E-state index in [2.05, 4.69) is 28.1 Å². The van der Waals surface area contributed by atoms with Gasteiger partial charge in [0.05, 0.1) is 11.0 Å². The van der Waals surface area contributed by atoms with Crippen LogP contribution in [0.15, 0.2) is 53.4 Å². The van der Waals surface area contributed by atoms with Crippen molar-refractivity contribution in [2.24, 2.45) is 0 Å². The highest BCUT2D eigenvalue weighted by atomic mass is 32.2. The number of nitrogens with zero attached hydrogens (tertiary/aromatic N) is 2. The predicted molar refractivity (Wildman–Crippen MR) is 107 cm³/mol. The van der Waals surface area contributed by atoms with E-state index in [4.69, 9.17) is 0 Å². The molecule has 26 heavy (non-hydrogen) atoms. The van der Waals surface area contributed by atoms with Crippen LogP contribution >= 0.6 is 0 Å². The van der Waals surface area contributed by atoms with Gasteiger partial charge in [-0.1, -0.05) is 18.2 Å². The van der Waals surface area contributed by atoms with Gasteiger partial charge in [0.2, 0.25) is 0 Å². The maximum atomic E-state index is 12.6. The molecule has 136 valence electrons. The Balaban J connectivity index is 1.85. The molecule has 1 fully saturated rings. The van der Waals surface area contributed by atoms with E-state index in [-0.39, 0.29) is 6.10 Å². The van der Waals surface area contributed by atoms with Gasteiger partial charge < -0.3 is 15.0 Å². The highest BCUT2D eigenvalue weighted by Crippen LogP contribution is 2.35. The molecular weight excluding hydrogens is 346 g/mol. The molecule has 3 aromatic rings. The Morgan fingerprint density at radius 1 is 1.19 bits per heavy atom. The van der Waals surface area contributed by atoms with Crippen molar-refractivity contribution in [3.8, 4) is 11.3 Å². The fourth-order valence-corrected chi connectivity index (χ4v) is 4.33. The summed E-state index contributed by atoms with van der Waals surface area (Å²) in [6.07, 6.45) is 0.485. The largest absolute Gasteiger partial charge is 0.391 e. The van der Waals surface area contributed by atoms with Gasteiger partial charge in [-0.2, -0.15) is 0 Å². The number of aromatic amines is 1. The molecule has 2 heterocycles. The lowest BCUT2D eigenvalue weighted by Crippen LogP contribution is -2.22. The third kappa shape index (κ3) is 3.16. The number of aromatic nitrogens is 1. The Kier molecular flexibility index (Phi) is 4.56. The van der Waals surface area contributed by atoms with Crippen LogP contribution in [-0.2, 0) is 11.0 Å². The van der Waals surface area contributed by atoms with Gasteiger partial charge >= 0.3 is 0 Å². The zero-order valence-corrected chi connectivity index (χ0v) is 15.8. The van der Waals surface area contributed by atoms with Gasteiger partial charge in [0, 0.05) is 40.9 Å². The zero-order chi connectivity index (χ0) is 18.3. The van der Waals surface area contributed by atoms with Crippen molar-refractivity contribution >= 4 is 27.6 Å². The number of aliphatic hydroxyl groups is 1. The number of para-hydroxylation sites is 1. The molecule has 2 unspecified atom stereocenters. The molecule has 0 spiro atoms. The summed E-state index contributed by atoms with van der Waals surface area (Å²) in [7, 11) is 2.42. The number of nitrogens with one attached hydrogen (secondary N) is 1. The van der Waals surface area contributed by atoms with E-state index in [1.807, 2.05) is 44.4 Å². The van der Waals surface area contributed by atoms with E-state index >= 15 is 0 Å². The van der Waals surface area contributed by atoms with Crippen LogP contribution < -0.4 is 4.90 Å². The van der Waals surface area contributed by atoms with Crippen LogP contribution in [0, 0.1) is 0 Å². The summed E-state index contributed by atoms with van der Waals surface area (Å²) in [6.45, 7) is 1.45. The summed E-state index contributed by atoms with van der Waals surface area (Å²) in [5, 5.41) is 11.1. The molecule has 1 aliphatic heterocycles. The van der Waals surface area contributed by atoms with Gasteiger partial charge in [-0.25, -0.2) is 8.51 Å². The topological polar surface area (TPSA) is 59.6 Å². The van der Waals surface area contributed by atoms with Crippen LogP contribution in [-0.4, -0.2) is 51.9 Å². The number of rotatable bonds is 4. The van der Waals surface area contributed by atoms with Gasteiger partial charge in [0.1, 0.15) is 11.0 Å². The Morgan fingerprint density at radius 2 is 2.00 bits per heavy atom. The Morgan fingerprint density at radius 3 is 2.69 bits per heavy atom. The lowest BCUT2D eigenvalue weighted by Gasteiger charge is -2.22. The minimum atomic E-state index is -1.20. The summed E-state index contributed by atoms with van der Waals surface area (Å²) >= 11 is 0. The molecule has 2 atom stereocenters. The van der Waals surface area contributed by atoms with Crippen molar-refractivity contribution in [1.29, 1.82) is 0 Å². The van der Waals surface area contributed by atoms with E-state index in [1.54, 1.807) is 4.31 Å². The van der Waals surface area contributed by atoms with Gasteiger partial charge in [-0.15, -0.1) is 0 Å². The monoisotopic (exact) mass is 369 g/mol. The normalized spacial score (nSPS) is 18.8. The van der Waals surface area contributed by atoms with Crippen LogP contribution in [0.25, 0.3) is 22.2 Å². The fraction of sp³-hybridized carbons (Fsp3) is 0.300. The molecule has 1 saturated heterocycles. The smallest absolute Gasteiger partial charge is 0.127 e. The van der Waals surface area contributed by atoms with E-state index in [0.29, 0.717) is 6.54 Å². The summed E-state index contributed by atoms with van der Waals surface area (Å²) in [6, 6.07) is 16.2. The summed E-state index contributed by atoms with van der Waals surface area (Å²) < 4.78 is 14.3. The molecule has 1 aliphatic rings. The Bertz CT molecular complexity index is 934. The van der Waals surface area contributed by atoms with Gasteiger partial charge in [0.25, 0.3) is 0 Å². The lowest BCUT2D eigenvalue weighted by molar-refractivity contribution is 0.198. The first-order valence-corrected chi connectivity index (χ1v) is 9.88. The first-order valence-electron chi connectivity index (χ1n) is 8.77. The molecule has 2 aromatic carbocycles. The molecule has 5 nitrogen and oxygen atoms in total. The van der Waals surface area contributed by atoms with Crippen molar-refractivity contribution in [3.63, 3.8) is 0 Å². The molecule has 0 amide bonds. The second kappa shape index (κ2) is 6.87. The molecule has 0 radical (unpaired) electrons. The van der Waals surface area contributed by atoms with Crippen molar-refractivity contribution in [3.05, 3.63) is 48.5 Å². The minimum absolute atomic E-state index is 0.291. The second-order valence-electron chi connectivity index (χ2n) is 6.90. The van der Waals surface area contributed by atoms with E-state index < -0.39 is 11.0 Å². The third-order valence-corrected chi connectivity index (χ3v) is 6.15. The average molecular weight is 369 g/mol. The fourth-order valence-electron chi connectivity index (χ4n) is 3.51. The highest BCUT2D eigenvalue weighted by molar-refractivity contribution is 7.82. The number of hydrogen-bond donors (Lipinski definition) is 2. The van der Waals surface area contributed by atoms with Crippen molar-refractivity contribution in [1.82, 2.24) is 9.29 Å². The number of benzene rings is 2. The van der Waals surface area contributed by atoms with E-state index in [1.165, 1.54) is 0 Å². The average Bonchev–Trinajstić information content (AvgIpc) is 3.26.